The Hall–Kier alpha value is -8.58. The highest BCUT2D eigenvalue weighted by atomic mass is 14.3. The first-order valence-corrected chi connectivity index (χ1v) is 23.1. The third-order valence-corrected chi connectivity index (χ3v) is 14.9. The van der Waals surface area contributed by atoms with Crippen molar-refractivity contribution in [1.29, 1.82) is 0 Å². The predicted octanol–water partition coefficient (Wildman–Crippen LogP) is 18.6. The molecule has 0 radical (unpaired) electrons. The lowest BCUT2D eigenvalue weighted by Gasteiger charge is -2.17. The molecule has 0 nitrogen and oxygen atoms in total. The summed E-state index contributed by atoms with van der Waals surface area (Å²) in [7, 11) is 0. The van der Waals surface area contributed by atoms with Crippen molar-refractivity contribution in [2.24, 2.45) is 0 Å². The number of hydrogen-bond acceptors (Lipinski definition) is 0. The van der Waals surface area contributed by atoms with E-state index in [1.807, 2.05) is 0 Å². The van der Waals surface area contributed by atoms with E-state index < -0.39 is 0 Å². The fraction of sp³-hybridized carbons (Fsp3) is 0. The van der Waals surface area contributed by atoms with Gasteiger partial charge in [-0.05, 0) is 165 Å². The van der Waals surface area contributed by atoms with Crippen LogP contribution >= 0.6 is 0 Å². The van der Waals surface area contributed by atoms with Crippen molar-refractivity contribution in [3.8, 4) is 77.9 Å². The summed E-state index contributed by atoms with van der Waals surface area (Å²) in [5.41, 5.74) is 17.5. The molecule has 14 aromatic carbocycles. The van der Waals surface area contributed by atoms with Crippen LogP contribution in [0.4, 0.5) is 0 Å². The van der Waals surface area contributed by atoms with Crippen LogP contribution in [-0.4, -0.2) is 0 Å². The lowest BCUT2D eigenvalue weighted by atomic mass is 9.87. The van der Waals surface area contributed by atoms with E-state index in [-0.39, 0.29) is 0 Å². The highest BCUT2D eigenvalue weighted by Crippen LogP contribution is 2.50. The molecular formula is C66H38. The molecule has 0 amide bonds. The Labute approximate surface area is 381 Å². The quantitative estimate of drug-likeness (QED) is 0.152. The van der Waals surface area contributed by atoms with E-state index in [2.05, 4.69) is 231 Å². The lowest BCUT2D eigenvalue weighted by Crippen LogP contribution is -1.90. The number of benzene rings is 14. The fourth-order valence-electron chi connectivity index (χ4n) is 11.8. The van der Waals surface area contributed by atoms with Crippen LogP contribution in [0.15, 0.2) is 231 Å². The molecule has 0 spiro atoms. The first-order valence-electron chi connectivity index (χ1n) is 23.1. The van der Waals surface area contributed by atoms with E-state index in [0.717, 1.165) is 0 Å². The van der Waals surface area contributed by atoms with Crippen molar-refractivity contribution >= 4 is 75.4 Å². The van der Waals surface area contributed by atoms with Crippen LogP contribution in [0.3, 0.4) is 0 Å². The first-order chi connectivity index (χ1) is 32.7. The van der Waals surface area contributed by atoms with Gasteiger partial charge < -0.3 is 0 Å². The Kier molecular flexibility index (Phi) is 7.31. The van der Waals surface area contributed by atoms with Crippen LogP contribution in [0.5, 0.6) is 0 Å². The second kappa shape index (κ2) is 13.5. The molecular weight excluding hydrogens is 793 g/mol. The molecule has 15 rings (SSSR count). The molecule has 0 atom stereocenters. The van der Waals surface area contributed by atoms with Crippen LogP contribution in [0, 0.1) is 0 Å². The van der Waals surface area contributed by atoms with E-state index >= 15 is 0 Å². The lowest BCUT2D eigenvalue weighted by molar-refractivity contribution is 1.56. The maximum Gasteiger partial charge on any atom is -0.00206 e. The van der Waals surface area contributed by atoms with Crippen LogP contribution in [0.25, 0.3) is 153 Å². The zero-order valence-corrected chi connectivity index (χ0v) is 35.9. The van der Waals surface area contributed by atoms with Gasteiger partial charge in [0.15, 0.2) is 0 Å². The summed E-state index contributed by atoms with van der Waals surface area (Å²) in [6.45, 7) is 0. The zero-order chi connectivity index (χ0) is 43.0. The average molecular weight is 831 g/mol. The van der Waals surface area contributed by atoms with Crippen molar-refractivity contribution in [2.75, 3.05) is 0 Å². The van der Waals surface area contributed by atoms with Crippen LogP contribution in [0.1, 0.15) is 0 Å². The largest absolute Gasteiger partial charge is 0.0610 e. The van der Waals surface area contributed by atoms with Crippen LogP contribution in [0.2, 0.25) is 0 Å². The molecule has 0 fully saturated rings. The number of fused-ring (bicyclic) bond motifs is 3. The average Bonchev–Trinajstić information content (AvgIpc) is 3.71. The molecule has 66 heavy (non-hydrogen) atoms. The monoisotopic (exact) mass is 830 g/mol. The molecule has 1 aliphatic rings. The van der Waals surface area contributed by atoms with E-state index in [9.17, 15) is 0 Å². The van der Waals surface area contributed by atoms with Crippen molar-refractivity contribution in [1.82, 2.24) is 0 Å². The minimum absolute atomic E-state index is 1.20. The summed E-state index contributed by atoms with van der Waals surface area (Å²) in [6, 6.07) is 86.8. The summed E-state index contributed by atoms with van der Waals surface area (Å²) >= 11 is 0. The SMILES string of the molecule is c1cc2c3c(cccc3c1)-c1cc(-c3cc(-c4ccc(-c5ccc6ccc7cccc8ccc5c6c78)cc4)ccc3-c3ccc(-c4ccc5ccc6cccc7ccc4c5c67)cc3)ccc1-2. The minimum Gasteiger partial charge on any atom is -0.0610 e. The van der Waals surface area contributed by atoms with Gasteiger partial charge in [-0.2, -0.15) is 0 Å². The van der Waals surface area contributed by atoms with Crippen molar-refractivity contribution < 1.29 is 0 Å². The van der Waals surface area contributed by atoms with Gasteiger partial charge in [-0.1, -0.05) is 218 Å². The standard InChI is InChI=1S/C66H38/c1-5-44-21-23-48-25-31-52(58-35-27-46(7-1)62(44)65(48)58)40-15-13-39(14-16-40)50-29-33-54(60(37-50)51-30-34-55-56-11-3-9-43-10-4-12-57(64(43)56)61(55)38-51)42-19-17-41(18-20-42)53-32-26-49-24-22-45-6-2-8-47-28-36-59(53)66(49)63(45)47/h1-38H. The summed E-state index contributed by atoms with van der Waals surface area (Å²) in [5, 5.41) is 18.4. The van der Waals surface area contributed by atoms with Crippen molar-refractivity contribution in [2.45, 2.75) is 0 Å². The predicted molar refractivity (Wildman–Crippen MR) is 283 cm³/mol. The molecule has 0 unspecified atom stereocenters. The maximum absolute atomic E-state index is 2.43. The smallest absolute Gasteiger partial charge is 0.00206 e. The fourth-order valence-corrected chi connectivity index (χ4v) is 11.8. The molecule has 0 saturated heterocycles. The second-order valence-corrected chi connectivity index (χ2v) is 18.3. The highest BCUT2D eigenvalue weighted by molar-refractivity contribution is 6.27. The Morgan fingerprint density at radius 3 is 1.05 bits per heavy atom. The van der Waals surface area contributed by atoms with Gasteiger partial charge >= 0.3 is 0 Å². The van der Waals surface area contributed by atoms with E-state index in [1.54, 1.807) is 0 Å². The topological polar surface area (TPSA) is 0 Å². The van der Waals surface area contributed by atoms with Crippen LogP contribution < -0.4 is 0 Å². The van der Waals surface area contributed by atoms with E-state index in [1.165, 1.54) is 153 Å². The minimum atomic E-state index is 1.20. The van der Waals surface area contributed by atoms with Crippen molar-refractivity contribution in [3.05, 3.63) is 231 Å². The Balaban J connectivity index is 0.856. The molecule has 0 bridgehead atoms. The Morgan fingerprint density at radius 1 is 0.152 bits per heavy atom. The Bertz CT molecular complexity index is 4260. The summed E-state index contributed by atoms with van der Waals surface area (Å²) in [5.74, 6) is 0. The van der Waals surface area contributed by atoms with Gasteiger partial charge in [0, 0.05) is 0 Å². The molecule has 302 valence electrons. The van der Waals surface area contributed by atoms with Gasteiger partial charge in [0.1, 0.15) is 0 Å². The van der Waals surface area contributed by atoms with Crippen LogP contribution in [-0.2, 0) is 0 Å². The molecule has 0 saturated carbocycles. The maximum atomic E-state index is 2.43. The number of rotatable bonds is 5. The van der Waals surface area contributed by atoms with Gasteiger partial charge in [-0.15, -0.1) is 0 Å². The molecule has 14 aromatic rings. The van der Waals surface area contributed by atoms with Gasteiger partial charge in [0.2, 0.25) is 0 Å². The normalized spacial score (nSPS) is 12.2. The molecule has 0 aliphatic heterocycles. The van der Waals surface area contributed by atoms with E-state index in [0.29, 0.717) is 0 Å². The van der Waals surface area contributed by atoms with Gasteiger partial charge in [0.25, 0.3) is 0 Å². The second-order valence-electron chi connectivity index (χ2n) is 18.3. The summed E-state index contributed by atoms with van der Waals surface area (Å²) in [6.07, 6.45) is 0. The first kappa shape index (κ1) is 35.8. The Morgan fingerprint density at radius 2 is 0.500 bits per heavy atom. The molecule has 0 heterocycles. The third-order valence-electron chi connectivity index (χ3n) is 14.9. The van der Waals surface area contributed by atoms with Gasteiger partial charge in [-0.3, -0.25) is 0 Å². The molecule has 0 N–H and O–H groups in total. The summed E-state index contributed by atoms with van der Waals surface area (Å²) < 4.78 is 0. The van der Waals surface area contributed by atoms with Gasteiger partial charge in [-0.25, -0.2) is 0 Å². The summed E-state index contributed by atoms with van der Waals surface area (Å²) in [4.78, 5) is 0. The van der Waals surface area contributed by atoms with Gasteiger partial charge in [0.05, 0.1) is 0 Å². The molecule has 1 aliphatic carbocycles. The molecule has 0 heteroatoms. The highest BCUT2D eigenvalue weighted by Gasteiger charge is 2.23. The number of hydrogen-bond donors (Lipinski definition) is 0. The molecule has 0 aromatic heterocycles. The van der Waals surface area contributed by atoms with Crippen molar-refractivity contribution in [3.63, 3.8) is 0 Å². The van der Waals surface area contributed by atoms with E-state index in [4.69, 9.17) is 0 Å². The zero-order valence-electron chi connectivity index (χ0n) is 35.9. The third kappa shape index (κ3) is 5.10.